The molecule has 0 saturated carbocycles. The van der Waals surface area contributed by atoms with Crippen molar-refractivity contribution < 1.29 is 14.3 Å². The van der Waals surface area contributed by atoms with Crippen molar-refractivity contribution in [2.75, 3.05) is 33.4 Å². The minimum absolute atomic E-state index is 0.0965. The summed E-state index contributed by atoms with van der Waals surface area (Å²) < 4.78 is 11.4. The fourth-order valence-electron chi connectivity index (χ4n) is 3.58. The number of nitrogens with zero attached hydrogens (tertiary/aromatic N) is 1. The lowest BCUT2D eigenvalue weighted by Crippen LogP contribution is -2.38. The largest absolute Gasteiger partial charge is 0.492 e. The molecule has 3 rings (SSSR count). The normalized spacial score (nSPS) is 15.2. The number of allylic oxidation sites excluding steroid dienone is 1. The summed E-state index contributed by atoms with van der Waals surface area (Å²) in [7, 11) is 2.15. The van der Waals surface area contributed by atoms with Gasteiger partial charge in [-0.05, 0) is 55.6 Å². The van der Waals surface area contributed by atoms with E-state index in [1.165, 1.54) is 0 Å². The average Bonchev–Trinajstić information content (AvgIpc) is 2.79. The summed E-state index contributed by atoms with van der Waals surface area (Å²) in [6.07, 6.45) is 3.82. The second-order valence-corrected chi connectivity index (χ2v) is 7.73. The van der Waals surface area contributed by atoms with Gasteiger partial charge in [-0.25, -0.2) is 0 Å². The highest BCUT2D eigenvalue weighted by Gasteiger charge is 2.17. The van der Waals surface area contributed by atoms with Crippen LogP contribution < -0.4 is 10.1 Å². The molecule has 1 aliphatic rings. The molecule has 1 fully saturated rings. The maximum absolute atomic E-state index is 12.2. The van der Waals surface area contributed by atoms with Crippen molar-refractivity contribution in [1.82, 2.24) is 10.2 Å². The van der Waals surface area contributed by atoms with Crippen LogP contribution in [0, 0.1) is 0 Å². The Bertz CT molecular complexity index is 829. The number of benzene rings is 2. The molecule has 1 N–H and O–H groups in total. The van der Waals surface area contributed by atoms with Gasteiger partial charge in [-0.3, -0.25) is 9.69 Å². The molecule has 1 amide bonds. The smallest absolute Gasteiger partial charge is 0.244 e. The number of amides is 1. The van der Waals surface area contributed by atoms with E-state index in [9.17, 15) is 4.79 Å². The molecule has 0 atom stereocenters. The van der Waals surface area contributed by atoms with Gasteiger partial charge in [0, 0.05) is 38.4 Å². The van der Waals surface area contributed by atoms with E-state index in [0.29, 0.717) is 19.2 Å². The summed E-state index contributed by atoms with van der Waals surface area (Å²) in [5.74, 6) is 0.735. The number of hydrogen-bond donors (Lipinski definition) is 1. The lowest BCUT2D eigenvalue weighted by atomic mass is 10.1. The molecule has 1 aliphatic heterocycles. The minimum atomic E-state index is -0.0965. The van der Waals surface area contributed by atoms with E-state index in [0.717, 1.165) is 55.0 Å². The molecule has 0 aromatic heterocycles. The summed E-state index contributed by atoms with van der Waals surface area (Å²) in [4.78, 5) is 14.6. The number of hydrogen-bond acceptors (Lipinski definition) is 4. The lowest BCUT2D eigenvalue weighted by molar-refractivity contribution is -0.116. The molecule has 0 bridgehead atoms. The first-order valence-corrected chi connectivity index (χ1v) is 10.6. The molecule has 0 aliphatic carbocycles. The van der Waals surface area contributed by atoms with Crippen LogP contribution >= 0.6 is 0 Å². The van der Waals surface area contributed by atoms with Gasteiger partial charge in [0.05, 0.1) is 0 Å². The Morgan fingerprint density at radius 3 is 2.70 bits per heavy atom. The zero-order valence-corrected chi connectivity index (χ0v) is 18.0. The first-order valence-electron chi connectivity index (χ1n) is 10.6. The number of ether oxygens (including phenoxy) is 2. The number of carbonyl (C=O) groups is 1. The van der Waals surface area contributed by atoms with Crippen molar-refractivity contribution >= 4 is 11.5 Å². The van der Waals surface area contributed by atoms with Crippen molar-refractivity contribution in [2.24, 2.45) is 0 Å². The van der Waals surface area contributed by atoms with E-state index >= 15 is 0 Å². The second-order valence-electron chi connectivity index (χ2n) is 7.73. The van der Waals surface area contributed by atoms with Crippen molar-refractivity contribution in [1.29, 1.82) is 0 Å². The Balaban J connectivity index is 1.44. The fraction of sp³-hybridized carbons (Fsp3) is 0.400. The lowest BCUT2D eigenvalue weighted by Gasteiger charge is -2.31. The third-order valence-electron chi connectivity index (χ3n) is 5.47. The molecule has 2 aromatic rings. The molecular formula is C25H32N2O3. The van der Waals surface area contributed by atoms with Crippen LogP contribution in [-0.4, -0.2) is 50.3 Å². The van der Waals surface area contributed by atoms with Gasteiger partial charge in [0.15, 0.2) is 0 Å². The standard InChI is InChI=1S/C25H32N2O3/c1-20(22-8-4-3-5-9-22)17-25(28)26-19-21-7-6-10-24(18-21)30-16-13-27(2)23-11-14-29-15-12-23/h3-10,17-18,23H,11-16,19H2,1-2H3,(H,26,28)/b20-17+. The van der Waals surface area contributed by atoms with Crippen molar-refractivity contribution in [3.63, 3.8) is 0 Å². The van der Waals surface area contributed by atoms with Crippen LogP contribution in [0.1, 0.15) is 30.9 Å². The van der Waals surface area contributed by atoms with E-state index in [2.05, 4.69) is 17.3 Å². The van der Waals surface area contributed by atoms with E-state index in [1.807, 2.05) is 61.5 Å². The molecule has 2 aromatic carbocycles. The van der Waals surface area contributed by atoms with Crippen LogP contribution in [-0.2, 0) is 16.1 Å². The zero-order valence-electron chi connectivity index (χ0n) is 18.0. The first-order chi connectivity index (χ1) is 14.6. The topological polar surface area (TPSA) is 50.8 Å². The quantitative estimate of drug-likeness (QED) is 0.640. The average molecular weight is 409 g/mol. The SMILES string of the molecule is C/C(=C\C(=O)NCc1cccc(OCCN(C)C2CCOCC2)c1)c1ccccc1. The maximum atomic E-state index is 12.2. The van der Waals surface area contributed by atoms with Crippen LogP contribution in [0.25, 0.3) is 5.57 Å². The van der Waals surface area contributed by atoms with Gasteiger partial charge in [-0.15, -0.1) is 0 Å². The number of nitrogens with one attached hydrogen (secondary N) is 1. The van der Waals surface area contributed by atoms with Gasteiger partial charge < -0.3 is 14.8 Å². The summed E-state index contributed by atoms with van der Waals surface area (Å²) in [6, 6.07) is 18.4. The van der Waals surface area contributed by atoms with Crippen LogP contribution in [0.15, 0.2) is 60.7 Å². The molecule has 30 heavy (non-hydrogen) atoms. The van der Waals surface area contributed by atoms with Gasteiger partial charge in [0.25, 0.3) is 0 Å². The van der Waals surface area contributed by atoms with Crippen LogP contribution in [0.2, 0.25) is 0 Å². The Morgan fingerprint density at radius 1 is 1.17 bits per heavy atom. The Hall–Kier alpha value is -2.63. The van der Waals surface area contributed by atoms with Gasteiger partial charge >= 0.3 is 0 Å². The third kappa shape index (κ3) is 7.01. The number of rotatable bonds is 9. The fourth-order valence-corrected chi connectivity index (χ4v) is 3.58. The van der Waals surface area contributed by atoms with E-state index in [-0.39, 0.29) is 5.91 Å². The Morgan fingerprint density at radius 2 is 1.93 bits per heavy atom. The first kappa shape index (κ1) is 22.1. The zero-order chi connectivity index (χ0) is 21.2. The second kappa shape index (κ2) is 11.5. The molecule has 0 unspecified atom stereocenters. The molecule has 160 valence electrons. The summed E-state index contributed by atoms with van der Waals surface area (Å²) in [5, 5.41) is 2.95. The summed E-state index contributed by atoms with van der Waals surface area (Å²) >= 11 is 0. The molecular weight excluding hydrogens is 376 g/mol. The van der Waals surface area contributed by atoms with E-state index < -0.39 is 0 Å². The monoisotopic (exact) mass is 408 g/mol. The maximum Gasteiger partial charge on any atom is 0.244 e. The molecule has 1 saturated heterocycles. The van der Waals surface area contributed by atoms with E-state index in [4.69, 9.17) is 9.47 Å². The highest BCUT2D eigenvalue weighted by molar-refractivity contribution is 5.94. The number of carbonyl (C=O) groups excluding carboxylic acids is 1. The third-order valence-corrected chi connectivity index (χ3v) is 5.47. The predicted molar refractivity (Wildman–Crippen MR) is 120 cm³/mol. The van der Waals surface area contributed by atoms with Crippen LogP contribution in [0.3, 0.4) is 0 Å². The van der Waals surface area contributed by atoms with Gasteiger partial charge in [0.1, 0.15) is 12.4 Å². The van der Waals surface area contributed by atoms with Crippen molar-refractivity contribution in [2.45, 2.75) is 32.4 Å². The predicted octanol–water partition coefficient (Wildman–Crippen LogP) is 3.90. The number of likely N-dealkylation sites (N-methyl/N-ethyl adjacent to an activating group) is 1. The molecule has 0 spiro atoms. The van der Waals surface area contributed by atoms with Crippen LogP contribution in [0.4, 0.5) is 0 Å². The minimum Gasteiger partial charge on any atom is -0.492 e. The van der Waals surface area contributed by atoms with Gasteiger partial charge in [-0.1, -0.05) is 42.5 Å². The highest BCUT2D eigenvalue weighted by atomic mass is 16.5. The Labute approximate surface area is 179 Å². The van der Waals surface area contributed by atoms with E-state index in [1.54, 1.807) is 6.08 Å². The van der Waals surface area contributed by atoms with Crippen molar-refractivity contribution in [3.8, 4) is 5.75 Å². The molecule has 1 heterocycles. The highest BCUT2D eigenvalue weighted by Crippen LogP contribution is 2.16. The van der Waals surface area contributed by atoms with Crippen molar-refractivity contribution in [3.05, 3.63) is 71.8 Å². The molecule has 0 radical (unpaired) electrons. The molecule has 5 heteroatoms. The van der Waals surface area contributed by atoms with Gasteiger partial charge in [0.2, 0.25) is 5.91 Å². The van der Waals surface area contributed by atoms with Crippen LogP contribution in [0.5, 0.6) is 5.75 Å². The summed E-state index contributed by atoms with van der Waals surface area (Å²) in [5.41, 5.74) is 3.01. The Kier molecular flexibility index (Phi) is 8.48. The summed E-state index contributed by atoms with van der Waals surface area (Å²) in [6.45, 7) is 5.64. The van der Waals surface area contributed by atoms with Gasteiger partial charge in [-0.2, -0.15) is 0 Å². The molecule has 5 nitrogen and oxygen atoms in total.